The first kappa shape index (κ1) is 14.6. The molecule has 2 unspecified atom stereocenters. The Hall–Kier alpha value is -1.82. The van der Waals surface area contributed by atoms with E-state index in [0.29, 0.717) is 0 Å². The molecule has 1 N–H and O–H groups in total. The van der Waals surface area contributed by atoms with Gasteiger partial charge in [-0.2, -0.15) is 0 Å². The van der Waals surface area contributed by atoms with Gasteiger partial charge in [-0.3, -0.25) is 9.59 Å². The number of carbonyl (C=O) groups excluding carboxylic acids is 2. The predicted octanol–water partition coefficient (Wildman–Crippen LogP) is 1.21. The van der Waals surface area contributed by atoms with E-state index in [1.807, 2.05) is 0 Å². The van der Waals surface area contributed by atoms with Gasteiger partial charge in [0, 0.05) is 26.6 Å². The normalized spacial score (nSPS) is 21.8. The zero-order chi connectivity index (χ0) is 14.9. The van der Waals surface area contributed by atoms with Gasteiger partial charge in [-0.25, -0.2) is 8.78 Å². The van der Waals surface area contributed by atoms with Gasteiger partial charge >= 0.3 is 0 Å². The van der Waals surface area contributed by atoms with Crippen LogP contribution < -0.4 is 5.32 Å². The average Bonchev–Trinajstić information content (AvgIpc) is 2.86. The van der Waals surface area contributed by atoms with E-state index in [-0.39, 0.29) is 18.9 Å². The summed E-state index contributed by atoms with van der Waals surface area (Å²) < 4.78 is 27.2. The number of rotatable bonds is 3. The quantitative estimate of drug-likeness (QED) is 0.848. The number of likely N-dealkylation sites (N-methyl/N-ethyl adjacent to an activating group) is 1. The molecule has 1 amide bonds. The number of hydrogen-bond acceptors (Lipinski definition) is 3. The molecule has 0 radical (unpaired) electrons. The molecule has 1 saturated heterocycles. The highest BCUT2D eigenvalue weighted by molar-refractivity contribution is 5.99. The first-order valence-corrected chi connectivity index (χ1v) is 6.34. The van der Waals surface area contributed by atoms with Crippen molar-refractivity contribution in [3.05, 3.63) is 35.4 Å². The van der Waals surface area contributed by atoms with E-state index in [9.17, 15) is 18.4 Å². The van der Waals surface area contributed by atoms with Crippen molar-refractivity contribution in [2.24, 2.45) is 5.92 Å². The van der Waals surface area contributed by atoms with Gasteiger partial charge in [-0.1, -0.05) is 6.07 Å². The average molecular weight is 282 g/mol. The van der Waals surface area contributed by atoms with Gasteiger partial charge in [0.25, 0.3) is 0 Å². The molecule has 0 spiro atoms. The summed E-state index contributed by atoms with van der Waals surface area (Å²) in [4.78, 5) is 25.4. The molecule has 4 nitrogen and oxygen atoms in total. The summed E-state index contributed by atoms with van der Waals surface area (Å²) in [6.45, 7) is 0.247. The van der Waals surface area contributed by atoms with Crippen molar-refractivity contribution in [2.75, 3.05) is 20.6 Å². The Bertz CT molecular complexity index is 526. The SMILES string of the molecule is CN(C)C(=O)C1CC(C(=O)c2c(F)cccc2F)CN1. The highest BCUT2D eigenvalue weighted by Gasteiger charge is 2.36. The van der Waals surface area contributed by atoms with Crippen LogP contribution in [0.4, 0.5) is 8.78 Å². The van der Waals surface area contributed by atoms with Gasteiger partial charge in [-0.05, 0) is 18.6 Å². The Kier molecular flexibility index (Phi) is 4.13. The van der Waals surface area contributed by atoms with E-state index in [1.54, 1.807) is 14.1 Å². The molecule has 20 heavy (non-hydrogen) atoms. The monoisotopic (exact) mass is 282 g/mol. The molecular weight excluding hydrogens is 266 g/mol. The predicted molar refractivity (Wildman–Crippen MR) is 69.3 cm³/mol. The molecule has 1 aromatic carbocycles. The van der Waals surface area contributed by atoms with Crippen LogP contribution in [-0.4, -0.2) is 43.3 Å². The maximum Gasteiger partial charge on any atom is 0.239 e. The standard InChI is InChI=1S/C14H16F2N2O2/c1-18(2)14(20)11-6-8(7-17-11)13(19)12-9(15)4-3-5-10(12)16/h3-5,8,11,17H,6-7H2,1-2H3. The van der Waals surface area contributed by atoms with Gasteiger partial charge in [0.05, 0.1) is 11.6 Å². The van der Waals surface area contributed by atoms with Crippen molar-refractivity contribution in [3.63, 3.8) is 0 Å². The summed E-state index contributed by atoms with van der Waals surface area (Å²) in [7, 11) is 3.24. The molecule has 0 aliphatic carbocycles. The van der Waals surface area contributed by atoms with Crippen molar-refractivity contribution in [2.45, 2.75) is 12.5 Å². The minimum absolute atomic E-state index is 0.144. The Labute approximate surface area is 115 Å². The molecular formula is C14H16F2N2O2. The smallest absolute Gasteiger partial charge is 0.239 e. The molecule has 1 heterocycles. The number of Topliss-reactive ketones (excluding diaryl/α,β-unsaturated/α-hetero) is 1. The Balaban J connectivity index is 2.14. The molecule has 2 rings (SSSR count). The molecule has 108 valence electrons. The molecule has 1 aliphatic rings. The van der Waals surface area contributed by atoms with Crippen LogP contribution in [0.15, 0.2) is 18.2 Å². The van der Waals surface area contributed by atoms with Crippen LogP contribution in [-0.2, 0) is 4.79 Å². The second-order valence-corrected chi connectivity index (χ2v) is 5.09. The Morgan fingerprint density at radius 2 is 1.85 bits per heavy atom. The number of carbonyl (C=O) groups is 2. The topological polar surface area (TPSA) is 49.4 Å². The molecule has 1 fully saturated rings. The van der Waals surface area contributed by atoms with Crippen molar-refractivity contribution >= 4 is 11.7 Å². The first-order valence-electron chi connectivity index (χ1n) is 6.34. The second-order valence-electron chi connectivity index (χ2n) is 5.09. The second kappa shape index (κ2) is 5.66. The van der Waals surface area contributed by atoms with Crippen LogP contribution >= 0.6 is 0 Å². The van der Waals surface area contributed by atoms with E-state index in [2.05, 4.69) is 5.32 Å². The van der Waals surface area contributed by atoms with Crippen LogP contribution in [0.1, 0.15) is 16.8 Å². The number of benzene rings is 1. The number of ketones is 1. The summed E-state index contributed by atoms with van der Waals surface area (Å²) in [5, 5.41) is 2.92. The minimum atomic E-state index is -0.864. The largest absolute Gasteiger partial charge is 0.347 e. The van der Waals surface area contributed by atoms with Crippen molar-refractivity contribution in [1.82, 2.24) is 10.2 Å². The van der Waals surface area contributed by atoms with Gasteiger partial charge in [-0.15, -0.1) is 0 Å². The van der Waals surface area contributed by atoms with E-state index < -0.39 is 34.9 Å². The van der Waals surface area contributed by atoms with Crippen LogP contribution in [0.25, 0.3) is 0 Å². The fourth-order valence-corrected chi connectivity index (χ4v) is 2.37. The maximum atomic E-state index is 13.6. The fourth-order valence-electron chi connectivity index (χ4n) is 2.37. The van der Waals surface area contributed by atoms with Crippen molar-refractivity contribution in [1.29, 1.82) is 0 Å². The summed E-state index contributed by atoms with van der Waals surface area (Å²) in [6, 6.07) is 2.85. The maximum absolute atomic E-state index is 13.6. The molecule has 6 heteroatoms. The zero-order valence-corrected chi connectivity index (χ0v) is 11.3. The Morgan fingerprint density at radius 3 is 2.40 bits per heavy atom. The van der Waals surface area contributed by atoms with Crippen LogP contribution in [0.3, 0.4) is 0 Å². The number of nitrogens with zero attached hydrogens (tertiary/aromatic N) is 1. The lowest BCUT2D eigenvalue weighted by atomic mass is 9.94. The molecule has 1 aromatic rings. The third kappa shape index (κ3) is 2.70. The lowest BCUT2D eigenvalue weighted by Crippen LogP contribution is -2.39. The molecule has 0 aromatic heterocycles. The van der Waals surface area contributed by atoms with Gasteiger partial charge < -0.3 is 10.2 Å². The first-order chi connectivity index (χ1) is 9.41. The molecule has 1 aliphatic heterocycles. The van der Waals surface area contributed by atoms with Gasteiger partial charge in [0.2, 0.25) is 5.91 Å². The highest BCUT2D eigenvalue weighted by atomic mass is 19.1. The molecule has 0 bridgehead atoms. The van der Waals surface area contributed by atoms with Crippen molar-refractivity contribution in [3.8, 4) is 0 Å². The summed E-state index contributed by atoms with van der Waals surface area (Å²) in [5.41, 5.74) is -0.516. The van der Waals surface area contributed by atoms with E-state index >= 15 is 0 Å². The Morgan fingerprint density at radius 1 is 1.25 bits per heavy atom. The highest BCUT2D eigenvalue weighted by Crippen LogP contribution is 2.23. The fraction of sp³-hybridized carbons (Fsp3) is 0.429. The van der Waals surface area contributed by atoms with E-state index in [4.69, 9.17) is 0 Å². The number of hydrogen-bond donors (Lipinski definition) is 1. The third-order valence-corrected chi connectivity index (χ3v) is 3.45. The summed E-state index contributed by atoms with van der Waals surface area (Å²) in [6.07, 6.45) is 0.254. The van der Waals surface area contributed by atoms with Crippen LogP contribution in [0.2, 0.25) is 0 Å². The lowest BCUT2D eigenvalue weighted by Gasteiger charge is -2.16. The van der Waals surface area contributed by atoms with Gasteiger partial charge in [0.1, 0.15) is 11.6 Å². The van der Waals surface area contributed by atoms with E-state index in [1.165, 1.54) is 11.0 Å². The summed E-state index contributed by atoms with van der Waals surface area (Å²) >= 11 is 0. The van der Waals surface area contributed by atoms with E-state index in [0.717, 1.165) is 12.1 Å². The van der Waals surface area contributed by atoms with Gasteiger partial charge in [0.15, 0.2) is 5.78 Å². The minimum Gasteiger partial charge on any atom is -0.347 e. The number of nitrogens with one attached hydrogen (secondary N) is 1. The lowest BCUT2D eigenvalue weighted by molar-refractivity contribution is -0.130. The van der Waals surface area contributed by atoms with Crippen molar-refractivity contribution < 1.29 is 18.4 Å². The molecule has 2 atom stereocenters. The molecule has 0 saturated carbocycles. The number of halogens is 2. The van der Waals surface area contributed by atoms with Crippen LogP contribution in [0.5, 0.6) is 0 Å². The zero-order valence-electron chi connectivity index (χ0n) is 11.3. The number of amides is 1. The third-order valence-electron chi connectivity index (χ3n) is 3.45. The summed E-state index contributed by atoms with van der Waals surface area (Å²) in [5.74, 6) is -3.05. The van der Waals surface area contributed by atoms with Crippen LogP contribution in [0, 0.1) is 17.6 Å².